The van der Waals surface area contributed by atoms with Gasteiger partial charge in [0.2, 0.25) is 11.8 Å². The van der Waals surface area contributed by atoms with Crippen molar-refractivity contribution in [3.05, 3.63) is 131 Å². The van der Waals surface area contributed by atoms with Crippen molar-refractivity contribution in [2.75, 3.05) is 6.61 Å². The molecule has 228 valence electrons. The highest BCUT2D eigenvalue weighted by atomic mass is 19.1. The van der Waals surface area contributed by atoms with E-state index >= 15 is 0 Å². The molecule has 0 aliphatic carbocycles. The van der Waals surface area contributed by atoms with Crippen LogP contribution in [-0.2, 0) is 35.5 Å². The van der Waals surface area contributed by atoms with Crippen molar-refractivity contribution >= 4 is 17.7 Å². The Balaban J connectivity index is 1.54. The van der Waals surface area contributed by atoms with Crippen LogP contribution in [0.3, 0.4) is 0 Å². The Morgan fingerprint density at radius 3 is 2.11 bits per heavy atom. The van der Waals surface area contributed by atoms with Gasteiger partial charge in [0.25, 0.3) is 5.91 Å². The summed E-state index contributed by atoms with van der Waals surface area (Å²) >= 11 is 0. The third kappa shape index (κ3) is 9.20. The molecule has 0 bridgehead atoms. The molecule has 4 aromatic rings. The van der Waals surface area contributed by atoms with E-state index in [-0.39, 0.29) is 31.6 Å². The summed E-state index contributed by atoms with van der Waals surface area (Å²) in [6, 6.07) is 24.0. The molecule has 0 saturated heterocycles. The van der Waals surface area contributed by atoms with Crippen LogP contribution in [0.5, 0.6) is 5.75 Å². The van der Waals surface area contributed by atoms with Crippen LogP contribution >= 0.6 is 0 Å². The Morgan fingerprint density at radius 2 is 1.48 bits per heavy atom. The molecule has 10 heteroatoms. The molecule has 1 heterocycles. The smallest absolute Gasteiger partial charge is 0.270 e. The van der Waals surface area contributed by atoms with Gasteiger partial charge < -0.3 is 26.4 Å². The molecule has 44 heavy (non-hydrogen) atoms. The SMILES string of the molecule is CCOc1ccc(C[C@@H](NC(=O)c2ccccn2)C(=O)N[C@@H](Cc2ccccc2)C(=O)NCc2ccc(CN)c(F)c2)cc1. The van der Waals surface area contributed by atoms with Crippen LogP contribution < -0.4 is 26.4 Å². The van der Waals surface area contributed by atoms with Crippen LogP contribution in [0.2, 0.25) is 0 Å². The summed E-state index contributed by atoms with van der Waals surface area (Å²) in [6.07, 6.45) is 1.85. The number of rotatable bonds is 14. The second kappa shape index (κ2) is 15.9. The van der Waals surface area contributed by atoms with E-state index in [1.165, 1.54) is 12.3 Å². The maximum atomic E-state index is 14.3. The van der Waals surface area contributed by atoms with Crippen molar-refractivity contribution in [2.24, 2.45) is 5.73 Å². The number of nitrogens with one attached hydrogen (secondary N) is 3. The van der Waals surface area contributed by atoms with Gasteiger partial charge in [-0.05, 0) is 53.9 Å². The quantitative estimate of drug-likeness (QED) is 0.176. The van der Waals surface area contributed by atoms with Crippen LogP contribution in [0.25, 0.3) is 0 Å². The van der Waals surface area contributed by atoms with Crippen molar-refractivity contribution in [1.82, 2.24) is 20.9 Å². The van der Waals surface area contributed by atoms with Crippen LogP contribution in [0.4, 0.5) is 4.39 Å². The summed E-state index contributed by atoms with van der Waals surface area (Å²) in [5, 5.41) is 8.41. The van der Waals surface area contributed by atoms with Gasteiger partial charge in [-0.3, -0.25) is 19.4 Å². The van der Waals surface area contributed by atoms with E-state index in [0.717, 1.165) is 11.1 Å². The first-order valence-corrected chi connectivity index (χ1v) is 14.4. The maximum absolute atomic E-state index is 14.3. The van der Waals surface area contributed by atoms with Gasteiger partial charge in [0.15, 0.2) is 0 Å². The van der Waals surface area contributed by atoms with E-state index in [0.29, 0.717) is 23.5 Å². The fourth-order valence-electron chi connectivity index (χ4n) is 4.57. The maximum Gasteiger partial charge on any atom is 0.270 e. The van der Waals surface area contributed by atoms with Crippen molar-refractivity contribution < 1.29 is 23.5 Å². The molecule has 5 N–H and O–H groups in total. The minimum Gasteiger partial charge on any atom is -0.494 e. The molecule has 2 atom stereocenters. The van der Waals surface area contributed by atoms with Gasteiger partial charge in [-0.2, -0.15) is 0 Å². The summed E-state index contributed by atoms with van der Waals surface area (Å²) in [5.41, 5.74) is 8.24. The number of nitrogens with two attached hydrogens (primary N) is 1. The number of hydrogen-bond donors (Lipinski definition) is 4. The van der Waals surface area contributed by atoms with Gasteiger partial charge in [-0.1, -0.05) is 60.7 Å². The van der Waals surface area contributed by atoms with Crippen LogP contribution in [0.15, 0.2) is 97.2 Å². The second-order valence-corrected chi connectivity index (χ2v) is 10.1. The second-order valence-electron chi connectivity index (χ2n) is 10.1. The molecule has 4 rings (SSSR count). The fourth-order valence-corrected chi connectivity index (χ4v) is 4.57. The van der Waals surface area contributed by atoms with E-state index in [9.17, 15) is 18.8 Å². The van der Waals surface area contributed by atoms with Gasteiger partial charge in [0.05, 0.1) is 6.61 Å². The van der Waals surface area contributed by atoms with Crippen molar-refractivity contribution in [1.29, 1.82) is 0 Å². The first-order valence-electron chi connectivity index (χ1n) is 14.4. The monoisotopic (exact) mass is 597 g/mol. The molecule has 0 spiro atoms. The zero-order valence-electron chi connectivity index (χ0n) is 24.5. The van der Waals surface area contributed by atoms with Gasteiger partial charge in [-0.15, -0.1) is 0 Å². The zero-order valence-corrected chi connectivity index (χ0v) is 24.5. The highest BCUT2D eigenvalue weighted by Gasteiger charge is 2.28. The molecule has 0 aliphatic rings. The minimum atomic E-state index is -1.02. The third-order valence-corrected chi connectivity index (χ3v) is 6.91. The molecule has 0 aliphatic heterocycles. The molecular weight excluding hydrogens is 561 g/mol. The van der Waals surface area contributed by atoms with E-state index in [1.54, 1.807) is 42.5 Å². The van der Waals surface area contributed by atoms with Gasteiger partial charge in [0.1, 0.15) is 29.3 Å². The number of carbonyl (C=O) groups excluding carboxylic acids is 3. The summed E-state index contributed by atoms with van der Waals surface area (Å²) in [4.78, 5) is 44.3. The summed E-state index contributed by atoms with van der Waals surface area (Å²) in [6.45, 7) is 2.52. The van der Waals surface area contributed by atoms with Crippen LogP contribution in [-0.4, -0.2) is 41.4 Å². The lowest BCUT2D eigenvalue weighted by molar-refractivity contribution is -0.130. The van der Waals surface area contributed by atoms with Crippen LogP contribution in [0, 0.1) is 5.82 Å². The molecule has 0 fully saturated rings. The van der Waals surface area contributed by atoms with Gasteiger partial charge >= 0.3 is 0 Å². The summed E-state index contributed by atoms with van der Waals surface area (Å²) in [5.74, 6) is -1.29. The number of amides is 3. The first kappa shape index (κ1) is 31.8. The van der Waals surface area contributed by atoms with Crippen LogP contribution in [0.1, 0.15) is 39.7 Å². The predicted octanol–water partition coefficient (Wildman–Crippen LogP) is 3.46. The molecule has 0 saturated carbocycles. The normalized spacial score (nSPS) is 12.1. The Hall–Kier alpha value is -5.09. The van der Waals surface area contributed by atoms with Gasteiger partial charge in [-0.25, -0.2) is 4.39 Å². The van der Waals surface area contributed by atoms with Crippen molar-refractivity contribution in [2.45, 2.75) is 44.9 Å². The van der Waals surface area contributed by atoms with Crippen molar-refractivity contribution in [3.63, 3.8) is 0 Å². The molecule has 0 radical (unpaired) electrons. The van der Waals surface area contributed by atoms with Gasteiger partial charge in [0, 0.05) is 37.7 Å². The number of carbonyl (C=O) groups is 3. The minimum absolute atomic E-state index is 0.0494. The Morgan fingerprint density at radius 1 is 0.818 bits per heavy atom. The third-order valence-electron chi connectivity index (χ3n) is 6.91. The summed E-state index contributed by atoms with van der Waals surface area (Å²) in [7, 11) is 0. The van der Waals surface area contributed by atoms with E-state index in [1.807, 2.05) is 49.4 Å². The number of pyridine rings is 1. The number of benzene rings is 3. The fraction of sp³-hybridized carbons (Fsp3) is 0.235. The lowest BCUT2D eigenvalue weighted by atomic mass is 10.0. The topological polar surface area (TPSA) is 135 Å². The van der Waals surface area contributed by atoms with E-state index < -0.39 is 35.6 Å². The highest BCUT2D eigenvalue weighted by Crippen LogP contribution is 2.15. The number of halogens is 1. The number of aromatic nitrogens is 1. The molecule has 0 unspecified atom stereocenters. The molecule has 1 aromatic heterocycles. The molecule has 9 nitrogen and oxygen atoms in total. The average molecular weight is 598 g/mol. The number of hydrogen-bond acceptors (Lipinski definition) is 6. The lowest BCUT2D eigenvalue weighted by Crippen LogP contribution is -2.55. The number of nitrogens with zero attached hydrogens (tertiary/aromatic N) is 1. The van der Waals surface area contributed by atoms with E-state index in [4.69, 9.17) is 10.5 Å². The van der Waals surface area contributed by atoms with E-state index in [2.05, 4.69) is 20.9 Å². The van der Waals surface area contributed by atoms with Crippen molar-refractivity contribution in [3.8, 4) is 5.75 Å². The Bertz CT molecular complexity index is 1530. The predicted molar refractivity (Wildman–Crippen MR) is 165 cm³/mol. The zero-order chi connectivity index (χ0) is 31.3. The largest absolute Gasteiger partial charge is 0.494 e. The lowest BCUT2D eigenvalue weighted by Gasteiger charge is -2.23. The molecular formula is C34H36FN5O4. The molecule has 3 amide bonds. The standard InChI is InChI=1S/C34H36FN5O4/c1-2-44-27-15-12-24(13-16-27)20-31(40-33(42)29-10-6-7-17-37-29)34(43)39-30(19-23-8-4-3-5-9-23)32(41)38-22-25-11-14-26(21-36)28(35)18-25/h3-18,30-31H,2,19-22,36H2,1H3,(H,38,41)(H,39,43)(H,40,42)/t30-,31+/m0/s1. The highest BCUT2D eigenvalue weighted by molar-refractivity contribution is 5.97. The average Bonchev–Trinajstić information content (AvgIpc) is 3.05. The Labute approximate surface area is 256 Å². The summed E-state index contributed by atoms with van der Waals surface area (Å²) < 4.78 is 19.8. The number of ether oxygens (including phenoxy) is 1. The Kier molecular flexibility index (Phi) is 11.5. The molecule has 3 aromatic carbocycles. The first-order chi connectivity index (χ1) is 21.4.